The molecular weight excluding hydrogens is 264 g/mol. The second-order valence-electron chi connectivity index (χ2n) is 3.96. The van der Waals surface area contributed by atoms with E-state index in [0.29, 0.717) is 18.1 Å². The van der Waals surface area contributed by atoms with Gasteiger partial charge in [-0.05, 0) is 24.8 Å². The maximum Gasteiger partial charge on any atom is 0.292 e. The quantitative estimate of drug-likeness (QED) is 0.495. The molecule has 106 valence electrons. The summed E-state index contributed by atoms with van der Waals surface area (Å²) in [5, 5.41) is 4.54. The first-order valence-corrected chi connectivity index (χ1v) is 7.09. The van der Waals surface area contributed by atoms with Gasteiger partial charge in [0.15, 0.2) is 0 Å². The topological polar surface area (TPSA) is 59.9 Å². The molecule has 0 fully saturated rings. The molecule has 1 aromatic heterocycles. The zero-order chi connectivity index (χ0) is 14.1. The van der Waals surface area contributed by atoms with Crippen LogP contribution in [0.5, 0.6) is 0 Å². The van der Waals surface area contributed by atoms with Gasteiger partial charge in [-0.1, -0.05) is 13.0 Å². The van der Waals surface area contributed by atoms with Crippen LogP contribution in [0.25, 0.3) is 0 Å². The van der Waals surface area contributed by atoms with Crippen molar-refractivity contribution in [3.63, 3.8) is 0 Å². The van der Waals surface area contributed by atoms with Crippen molar-refractivity contribution in [2.75, 3.05) is 20.3 Å². The number of aliphatic imine (C=N–C) groups is 1. The SMILES string of the molecule is CC[C@H](C)N=C(NC(=O)c1cccs1)OCCOC. The molecule has 0 saturated carbocycles. The van der Waals surface area contributed by atoms with E-state index in [9.17, 15) is 4.79 Å². The Morgan fingerprint density at radius 1 is 1.53 bits per heavy atom. The number of carbonyl (C=O) groups is 1. The standard InChI is InChI=1S/C13H20N2O3S/c1-4-10(2)14-13(18-8-7-17-3)15-12(16)11-6-5-9-19-11/h5-6,9-10H,4,7-8H2,1-3H3,(H,14,15,16)/t10-/m0/s1. The second-order valence-corrected chi connectivity index (χ2v) is 4.91. The van der Waals surface area contributed by atoms with Gasteiger partial charge in [-0.15, -0.1) is 11.3 Å². The molecule has 1 N–H and O–H groups in total. The lowest BCUT2D eigenvalue weighted by atomic mass is 10.3. The van der Waals surface area contributed by atoms with Gasteiger partial charge < -0.3 is 9.47 Å². The molecule has 19 heavy (non-hydrogen) atoms. The molecule has 1 atom stereocenters. The van der Waals surface area contributed by atoms with Gasteiger partial charge in [0, 0.05) is 7.11 Å². The average Bonchev–Trinajstić information content (AvgIpc) is 2.92. The van der Waals surface area contributed by atoms with Gasteiger partial charge in [0.05, 0.1) is 17.5 Å². The normalized spacial score (nSPS) is 13.1. The molecule has 0 spiro atoms. The van der Waals surface area contributed by atoms with E-state index in [2.05, 4.69) is 10.3 Å². The Hall–Kier alpha value is -1.40. The van der Waals surface area contributed by atoms with Crippen LogP contribution in [0, 0.1) is 0 Å². The number of amides is 1. The Balaban J connectivity index is 2.62. The van der Waals surface area contributed by atoms with Crippen LogP contribution < -0.4 is 5.32 Å². The van der Waals surface area contributed by atoms with E-state index in [0.717, 1.165) is 6.42 Å². The average molecular weight is 284 g/mol. The molecular formula is C13H20N2O3S. The number of nitrogens with zero attached hydrogens (tertiary/aromatic N) is 1. The van der Waals surface area contributed by atoms with Gasteiger partial charge in [0.1, 0.15) is 6.61 Å². The number of ether oxygens (including phenoxy) is 2. The van der Waals surface area contributed by atoms with Crippen molar-refractivity contribution in [3.05, 3.63) is 22.4 Å². The van der Waals surface area contributed by atoms with E-state index >= 15 is 0 Å². The number of amidine groups is 1. The molecule has 6 heteroatoms. The van der Waals surface area contributed by atoms with E-state index < -0.39 is 0 Å². The van der Waals surface area contributed by atoms with Crippen molar-refractivity contribution in [2.24, 2.45) is 4.99 Å². The highest BCUT2D eigenvalue weighted by atomic mass is 32.1. The van der Waals surface area contributed by atoms with E-state index in [4.69, 9.17) is 9.47 Å². The first-order valence-electron chi connectivity index (χ1n) is 6.21. The van der Waals surface area contributed by atoms with Crippen LogP contribution in [0.2, 0.25) is 0 Å². The van der Waals surface area contributed by atoms with Crippen molar-refractivity contribution >= 4 is 23.3 Å². The molecule has 0 aliphatic heterocycles. The predicted octanol–water partition coefficient (Wildman–Crippen LogP) is 2.30. The van der Waals surface area contributed by atoms with Gasteiger partial charge in [-0.25, -0.2) is 4.99 Å². The highest BCUT2D eigenvalue weighted by Gasteiger charge is 2.11. The summed E-state index contributed by atoms with van der Waals surface area (Å²) in [6.45, 7) is 4.81. The van der Waals surface area contributed by atoms with Crippen LogP contribution in [0.15, 0.2) is 22.5 Å². The van der Waals surface area contributed by atoms with Crippen LogP contribution in [0.3, 0.4) is 0 Å². The maximum atomic E-state index is 11.9. The minimum Gasteiger partial charge on any atom is -0.463 e. The monoisotopic (exact) mass is 284 g/mol. The third kappa shape index (κ3) is 5.85. The van der Waals surface area contributed by atoms with E-state index in [1.807, 2.05) is 25.3 Å². The minimum absolute atomic E-state index is 0.0983. The van der Waals surface area contributed by atoms with Crippen molar-refractivity contribution < 1.29 is 14.3 Å². The molecule has 1 rings (SSSR count). The lowest BCUT2D eigenvalue weighted by Crippen LogP contribution is -2.33. The van der Waals surface area contributed by atoms with Crippen LogP contribution >= 0.6 is 11.3 Å². The number of thiophene rings is 1. The fourth-order valence-electron chi connectivity index (χ4n) is 1.19. The fraction of sp³-hybridized carbons (Fsp3) is 0.538. The van der Waals surface area contributed by atoms with Gasteiger partial charge in [0.25, 0.3) is 11.9 Å². The molecule has 1 amide bonds. The van der Waals surface area contributed by atoms with Crippen LogP contribution in [0.4, 0.5) is 0 Å². The first-order chi connectivity index (χ1) is 9.17. The van der Waals surface area contributed by atoms with Crippen molar-refractivity contribution in [2.45, 2.75) is 26.3 Å². The predicted molar refractivity (Wildman–Crippen MR) is 76.8 cm³/mol. The first kappa shape index (κ1) is 15.7. The number of methoxy groups -OCH3 is 1. The summed E-state index contributed by atoms with van der Waals surface area (Å²) in [5.41, 5.74) is 0. The van der Waals surface area contributed by atoms with Gasteiger partial charge >= 0.3 is 0 Å². The molecule has 1 heterocycles. The Bertz CT molecular complexity index is 404. The van der Waals surface area contributed by atoms with Gasteiger partial charge in [-0.3, -0.25) is 10.1 Å². The van der Waals surface area contributed by atoms with Gasteiger partial charge in [-0.2, -0.15) is 0 Å². The Kier molecular flexibility index (Phi) is 7.14. The largest absolute Gasteiger partial charge is 0.463 e. The van der Waals surface area contributed by atoms with Crippen LogP contribution in [-0.2, 0) is 9.47 Å². The van der Waals surface area contributed by atoms with Crippen molar-refractivity contribution in [3.8, 4) is 0 Å². The molecule has 0 aliphatic rings. The molecule has 1 aromatic rings. The minimum atomic E-state index is -0.200. The van der Waals surface area contributed by atoms with Crippen molar-refractivity contribution in [1.82, 2.24) is 5.32 Å². The molecule has 0 saturated heterocycles. The molecule has 5 nitrogen and oxygen atoms in total. The molecule has 0 radical (unpaired) electrons. The number of hydrogen-bond acceptors (Lipinski definition) is 5. The Labute approximate surface area is 117 Å². The third-order valence-electron chi connectivity index (χ3n) is 2.42. The van der Waals surface area contributed by atoms with E-state index in [1.54, 1.807) is 13.2 Å². The zero-order valence-electron chi connectivity index (χ0n) is 11.5. The third-order valence-corrected chi connectivity index (χ3v) is 3.29. The van der Waals surface area contributed by atoms with Gasteiger partial charge in [0.2, 0.25) is 0 Å². The molecule has 0 bridgehead atoms. The molecule has 0 aliphatic carbocycles. The highest BCUT2D eigenvalue weighted by molar-refractivity contribution is 7.12. The summed E-state index contributed by atoms with van der Waals surface area (Å²) < 4.78 is 10.3. The Morgan fingerprint density at radius 3 is 2.89 bits per heavy atom. The lowest BCUT2D eigenvalue weighted by molar-refractivity contribution is 0.0957. The lowest BCUT2D eigenvalue weighted by Gasteiger charge is -2.12. The highest BCUT2D eigenvalue weighted by Crippen LogP contribution is 2.08. The summed E-state index contributed by atoms with van der Waals surface area (Å²) in [6, 6.07) is 3.94. The summed E-state index contributed by atoms with van der Waals surface area (Å²) in [4.78, 5) is 16.9. The summed E-state index contributed by atoms with van der Waals surface area (Å²) in [5.74, 6) is -0.200. The summed E-state index contributed by atoms with van der Waals surface area (Å²) in [6.07, 6.45) is 0.881. The summed E-state index contributed by atoms with van der Waals surface area (Å²) >= 11 is 1.38. The number of nitrogens with one attached hydrogen (secondary N) is 1. The summed E-state index contributed by atoms with van der Waals surface area (Å²) in [7, 11) is 1.60. The van der Waals surface area contributed by atoms with Crippen molar-refractivity contribution in [1.29, 1.82) is 0 Å². The number of hydrogen-bond donors (Lipinski definition) is 1. The Morgan fingerprint density at radius 2 is 2.32 bits per heavy atom. The number of rotatable bonds is 6. The zero-order valence-corrected chi connectivity index (χ0v) is 12.3. The smallest absolute Gasteiger partial charge is 0.292 e. The second kappa shape index (κ2) is 8.66. The fourth-order valence-corrected chi connectivity index (χ4v) is 1.80. The van der Waals surface area contributed by atoms with E-state index in [1.165, 1.54) is 11.3 Å². The van der Waals surface area contributed by atoms with Crippen LogP contribution in [-0.4, -0.2) is 38.3 Å². The molecule has 0 unspecified atom stereocenters. The maximum absolute atomic E-state index is 11.9. The number of carbonyl (C=O) groups excluding carboxylic acids is 1. The van der Waals surface area contributed by atoms with E-state index in [-0.39, 0.29) is 18.0 Å². The van der Waals surface area contributed by atoms with Crippen LogP contribution in [0.1, 0.15) is 29.9 Å². The molecule has 0 aromatic carbocycles.